The van der Waals surface area contributed by atoms with Crippen LogP contribution < -0.4 is 4.74 Å². The maximum absolute atomic E-state index is 5.50. The molecule has 58 valence electrons. The first kappa shape index (κ1) is 6.65. The highest BCUT2D eigenvalue weighted by molar-refractivity contribution is 5.32. The lowest BCUT2D eigenvalue weighted by atomic mass is 10.2. The number of aryl methyl sites for hydroxylation is 1. The molecule has 1 atom stereocenters. The molecule has 0 aromatic carbocycles. The van der Waals surface area contributed by atoms with Crippen molar-refractivity contribution in [3.8, 4) is 5.75 Å². The molecular weight excluding hydrogens is 138 g/mol. The number of aromatic nitrogens is 1. The molecule has 1 aromatic rings. The molecule has 11 heavy (non-hydrogen) atoms. The molecule has 2 heterocycles. The van der Waals surface area contributed by atoms with Crippen LogP contribution in [-0.2, 0) is 6.42 Å². The van der Waals surface area contributed by atoms with Gasteiger partial charge in [-0.25, -0.2) is 0 Å². The first-order valence-corrected chi connectivity index (χ1v) is 3.89. The van der Waals surface area contributed by atoms with E-state index in [0.29, 0.717) is 6.10 Å². The molecule has 0 aliphatic carbocycles. The van der Waals surface area contributed by atoms with E-state index in [1.165, 1.54) is 0 Å². The van der Waals surface area contributed by atoms with Gasteiger partial charge in [0.15, 0.2) is 0 Å². The second-order valence-corrected chi connectivity index (χ2v) is 3.03. The number of pyridine rings is 1. The van der Waals surface area contributed by atoms with Gasteiger partial charge in [0.25, 0.3) is 0 Å². The van der Waals surface area contributed by atoms with Gasteiger partial charge >= 0.3 is 0 Å². The minimum absolute atomic E-state index is 0.305. The van der Waals surface area contributed by atoms with Crippen LogP contribution in [0.25, 0.3) is 0 Å². The Hall–Kier alpha value is -1.05. The Morgan fingerprint density at radius 2 is 2.36 bits per heavy atom. The highest BCUT2D eigenvalue weighted by Crippen LogP contribution is 2.26. The molecule has 2 rings (SSSR count). The summed E-state index contributed by atoms with van der Waals surface area (Å²) in [6.07, 6.45) is 1.26. The van der Waals surface area contributed by atoms with E-state index in [9.17, 15) is 0 Å². The Morgan fingerprint density at radius 1 is 1.55 bits per heavy atom. The van der Waals surface area contributed by atoms with Gasteiger partial charge in [0.05, 0.1) is 5.69 Å². The van der Waals surface area contributed by atoms with Crippen LogP contribution in [-0.4, -0.2) is 11.1 Å². The van der Waals surface area contributed by atoms with Gasteiger partial charge in [-0.1, -0.05) is 0 Å². The summed E-state index contributed by atoms with van der Waals surface area (Å²) >= 11 is 0. The number of rotatable bonds is 0. The highest BCUT2D eigenvalue weighted by Gasteiger charge is 2.19. The summed E-state index contributed by atoms with van der Waals surface area (Å²) < 4.78 is 5.50. The topological polar surface area (TPSA) is 22.1 Å². The van der Waals surface area contributed by atoms with Gasteiger partial charge in [-0.3, -0.25) is 4.98 Å². The highest BCUT2D eigenvalue weighted by atomic mass is 16.5. The van der Waals surface area contributed by atoms with Crippen LogP contribution >= 0.6 is 0 Å². The molecular formula is C9H11NO. The predicted molar refractivity (Wildman–Crippen MR) is 42.8 cm³/mol. The summed E-state index contributed by atoms with van der Waals surface area (Å²) in [4.78, 5) is 4.38. The summed E-state index contributed by atoms with van der Waals surface area (Å²) in [6.45, 7) is 4.07. The van der Waals surface area contributed by atoms with Gasteiger partial charge in [0, 0.05) is 12.1 Å². The normalized spacial score (nSPS) is 21.1. The van der Waals surface area contributed by atoms with Crippen molar-refractivity contribution in [3.05, 3.63) is 23.5 Å². The number of ether oxygens (including phenoxy) is 1. The summed E-state index contributed by atoms with van der Waals surface area (Å²) in [5.41, 5.74) is 2.18. The van der Waals surface area contributed by atoms with Crippen molar-refractivity contribution >= 4 is 0 Å². The lowest BCUT2D eigenvalue weighted by Gasteiger charge is -2.00. The SMILES string of the molecule is Cc1ccc2c(n1)CC(C)O2. The molecule has 1 aliphatic rings. The van der Waals surface area contributed by atoms with Crippen LogP contribution in [0.4, 0.5) is 0 Å². The number of nitrogens with zero attached hydrogens (tertiary/aromatic N) is 1. The van der Waals surface area contributed by atoms with E-state index in [-0.39, 0.29) is 0 Å². The van der Waals surface area contributed by atoms with Crippen molar-refractivity contribution in [1.29, 1.82) is 0 Å². The van der Waals surface area contributed by atoms with Crippen LogP contribution in [0.5, 0.6) is 5.75 Å². The monoisotopic (exact) mass is 149 g/mol. The molecule has 1 aromatic heterocycles. The number of fused-ring (bicyclic) bond motifs is 1. The zero-order chi connectivity index (χ0) is 7.84. The van der Waals surface area contributed by atoms with E-state index in [4.69, 9.17) is 4.74 Å². The maximum atomic E-state index is 5.50. The average Bonchev–Trinajstić information content (AvgIpc) is 2.27. The zero-order valence-electron chi connectivity index (χ0n) is 6.79. The molecule has 0 saturated heterocycles. The zero-order valence-corrected chi connectivity index (χ0v) is 6.79. The lowest BCUT2D eigenvalue weighted by Crippen LogP contribution is -2.05. The number of hydrogen-bond donors (Lipinski definition) is 0. The third-order valence-corrected chi connectivity index (χ3v) is 1.88. The van der Waals surface area contributed by atoms with Crippen molar-refractivity contribution in [2.75, 3.05) is 0 Å². The van der Waals surface area contributed by atoms with Gasteiger partial charge in [-0.2, -0.15) is 0 Å². The molecule has 0 N–H and O–H groups in total. The van der Waals surface area contributed by atoms with Crippen LogP contribution in [0.15, 0.2) is 12.1 Å². The van der Waals surface area contributed by atoms with Crippen molar-refractivity contribution in [2.24, 2.45) is 0 Å². The Kier molecular flexibility index (Phi) is 1.34. The first-order valence-electron chi connectivity index (χ1n) is 3.89. The van der Waals surface area contributed by atoms with E-state index in [0.717, 1.165) is 23.6 Å². The largest absolute Gasteiger partial charge is 0.488 e. The van der Waals surface area contributed by atoms with Gasteiger partial charge < -0.3 is 4.74 Å². The fraction of sp³-hybridized carbons (Fsp3) is 0.444. The van der Waals surface area contributed by atoms with Crippen LogP contribution in [0.2, 0.25) is 0 Å². The molecule has 0 spiro atoms. The predicted octanol–water partition coefficient (Wildman–Crippen LogP) is 1.71. The van der Waals surface area contributed by atoms with Crippen molar-refractivity contribution < 1.29 is 4.74 Å². The minimum Gasteiger partial charge on any atom is -0.488 e. The maximum Gasteiger partial charge on any atom is 0.141 e. The van der Waals surface area contributed by atoms with E-state index >= 15 is 0 Å². The summed E-state index contributed by atoms with van der Waals surface area (Å²) in [5.74, 6) is 0.961. The standard InChI is InChI=1S/C9H11NO/c1-6-3-4-9-8(10-6)5-7(2)11-9/h3-4,7H,5H2,1-2H3. The number of hydrogen-bond acceptors (Lipinski definition) is 2. The fourth-order valence-corrected chi connectivity index (χ4v) is 1.38. The summed E-state index contributed by atoms with van der Waals surface area (Å²) in [5, 5.41) is 0. The Bertz CT molecular complexity index is 283. The van der Waals surface area contributed by atoms with Crippen LogP contribution in [0, 0.1) is 6.92 Å². The summed E-state index contributed by atoms with van der Waals surface area (Å²) in [6, 6.07) is 3.98. The smallest absolute Gasteiger partial charge is 0.141 e. The first-order chi connectivity index (χ1) is 5.25. The second kappa shape index (κ2) is 2.22. The molecule has 1 unspecified atom stereocenters. The quantitative estimate of drug-likeness (QED) is 0.560. The molecule has 1 aliphatic heterocycles. The second-order valence-electron chi connectivity index (χ2n) is 3.03. The van der Waals surface area contributed by atoms with Crippen molar-refractivity contribution in [2.45, 2.75) is 26.4 Å². The van der Waals surface area contributed by atoms with Crippen molar-refractivity contribution in [1.82, 2.24) is 4.98 Å². The Balaban J connectivity index is 2.43. The molecule has 0 radical (unpaired) electrons. The van der Waals surface area contributed by atoms with E-state index in [2.05, 4.69) is 11.9 Å². The Morgan fingerprint density at radius 3 is 3.18 bits per heavy atom. The van der Waals surface area contributed by atoms with E-state index < -0.39 is 0 Å². The molecule has 0 saturated carbocycles. The molecule has 0 amide bonds. The third-order valence-electron chi connectivity index (χ3n) is 1.88. The molecule has 2 nitrogen and oxygen atoms in total. The van der Waals surface area contributed by atoms with Crippen molar-refractivity contribution in [3.63, 3.8) is 0 Å². The van der Waals surface area contributed by atoms with Crippen LogP contribution in [0.1, 0.15) is 18.3 Å². The fourth-order valence-electron chi connectivity index (χ4n) is 1.38. The Labute approximate surface area is 66.2 Å². The van der Waals surface area contributed by atoms with Gasteiger partial charge in [0.1, 0.15) is 11.9 Å². The lowest BCUT2D eigenvalue weighted by molar-refractivity contribution is 0.254. The van der Waals surface area contributed by atoms with E-state index in [1.54, 1.807) is 0 Å². The molecule has 0 bridgehead atoms. The van der Waals surface area contributed by atoms with Gasteiger partial charge in [0.2, 0.25) is 0 Å². The van der Waals surface area contributed by atoms with Gasteiger partial charge in [-0.15, -0.1) is 0 Å². The van der Waals surface area contributed by atoms with Crippen LogP contribution in [0.3, 0.4) is 0 Å². The molecule has 0 fully saturated rings. The van der Waals surface area contributed by atoms with E-state index in [1.807, 2.05) is 19.1 Å². The minimum atomic E-state index is 0.305. The third kappa shape index (κ3) is 1.09. The summed E-state index contributed by atoms with van der Waals surface area (Å²) in [7, 11) is 0. The molecule has 2 heteroatoms. The average molecular weight is 149 g/mol. The van der Waals surface area contributed by atoms with Gasteiger partial charge in [-0.05, 0) is 26.0 Å².